The van der Waals surface area contributed by atoms with Gasteiger partial charge in [-0.2, -0.15) is 4.98 Å². The fraction of sp³-hybridized carbons (Fsp3) is 0.474. The molecule has 1 aromatic heterocycles. The number of terminal acetylenes is 1. The Kier molecular flexibility index (Phi) is 7.61. The fourth-order valence-electron chi connectivity index (χ4n) is 2.39. The van der Waals surface area contributed by atoms with Gasteiger partial charge in [0.25, 0.3) is 0 Å². The lowest BCUT2D eigenvalue weighted by molar-refractivity contribution is 0.0479. The molecule has 0 aliphatic carbocycles. The molecule has 0 fully saturated rings. The van der Waals surface area contributed by atoms with E-state index in [0.29, 0.717) is 23.3 Å². The molecule has 0 radical (unpaired) electrons. The number of aryl methyl sites for hydroxylation is 1. The van der Waals surface area contributed by atoms with Gasteiger partial charge in [0.15, 0.2) is 0 Å². The van der Waals surface area contributed by atoms with E-state index in [1.165, 1.54) is 0 Å². The Morgan fingerprint density at radius 2 is 2.19 bits per heavy atom. The zero-order valence-corrected chi connectivity index (χ0v) is 16.0. The van der Waals surface area contributed by atoms with Gasteiger partial charge in [-0.05, 0) is 24.5 Å². The highest BCUT2D eigenvalue weighted by atomic mass is 35.5. The Morgan fingerprint density at radius 1 is 1.42 bits per heavy atom. The smallest absolute Gasteiger partial charge is 0.244 e. The topological polar surface area (TPSA) is 80.4 Å². The first kappa shape index (κ1) is 20.4. The van der Waals surface area contributed by atoms with Crippen molar-refractivity contribution in [3.8, 4) is 23.7 Å². The van der Waals surface area contributed by atoms with Crippen LogP contribution in [0.5, 0.6) is 0 Å². The highest BCUT2D eigenvalue weighted by molar-refractivity contribution is 6.31. The maximum Gasteiger partial charge on any atom is 0.244 e. The van der Waals surface area contributed by atoms with Gasteiger partial charge in [0.2, 0.25) is 11.7 Å². The summed E-state index contributed by atoms with van der Waals surface area (Å²) in [6.45, 7) is 6.67. The van der Waals surface area contributed by atoms with Crippen molar-refractivity contribution in [3.05, 3.63) is 34.7 Å². The van der Waals surface area contributed by atoms with Gasteiger partial charge in [0, 0.05) is 17.1 Å². The molecule has 26 heavy (non-hydrogen) atoms. The monoisotopic (exact) mass is 377 g/mol. The van der Waals surface area contributed by atoms with Gasteiger partial charge >= 0.3 is 0 Å². The number of aliphatic hydroxyl groups is 1. The van der Waals surface area contributed by atoms with Crippen LogP contribution in [-0.2, 0) is 4.74 Å². The van der Waals surface area contributed by atoms with Crippen molar-refractivity contribution in [1.82, 2.24) is 15.5 Å². The predicted octanol–water partition coefficient (Wildman–Crippen LogP) is 3.00. The van der Waals surface area contributed by atoms with Crippen LogP contribution in [0, 0.1) is 25.2 Å². The number of aliphatic hydroxyl groups excluding tert-OH is 1. The van der Waals surface area contributed by atoms with Crippen LogP contribution in [-0.4, -0.2) is 41.1 Å². The first-order valence-corrected chi connectivity index (χ1v) is 8.83. The molecule has 0 aliphatic rings. The molecule has 2 rings (SSSR count). The number of nitrogens with zero attached hydrogens (tertiary/aromatic N) is 2. The number of ether oxygens (including phenoxy) is 1. The second-order valence-corrected chi connectivity index (χ2v) is 6.83. The van der Waals surface area contributed by atoms with E-state index in [9.17, 15) is 5.11 Å². The number of rotatable bonds is 9. The zero-order chi connectivity index (χ0) is 19.1. The maximum absolute atomic E-state index is 9.96. The first-order chi connectivity index (χ1) is 12.4. The molecule has 1 heterocycles. The number of aromatic nitrogens is 2. The van der Waals surface area contributed by atoms with Gasteiger partial charge in [-0.25, -0.2) is 0 Å². The molecule has 2 aromatic rings. The molecule has 7 heteroatoms. The van der Waals surface area contributed by atoms with Gasteiger partial charge in [-0.3, -0.25) is 0 Å². The van der Waals surface area contributed by atoms with Crippen LogP contribution in [0.3, 0.4) is 0 Å². The third-order valence-corrected chi connectivity index (χ3v) is 4.28. The summed E-state index contributed by atoms with van der Waals surface area (Å²) >= 11 is 6.17. The van der Waals surface area contributed by atoms with Crippen LogP contribution < -0.4 is 5.32 Å². The Bertz CT molecular complexity index is 755. The number of hydrogen-bond acceptors (Lipinski definition) is 6. The summed E-state index contributed by atoms with van der Waals surface area (Å²) in [4.78, 5) is 4.49. The molecule has 2 N–H and O–H groups in total. The van der Waals surface area contributed by atoms with Crippen molar-refractivity contribution in [3.63, 3.8) is 0 Å². The minimum absolute atomic E-state index is 0.166. The zero-order valence-electron chi connectivity index (χ0n) is 15.2. The third kappa shape index (κ3) is 5.55. The molecule has 1 aromatic carbocycles. The predicted molar refractivity (Wildman–Crippen MR) is 101 cm³/mol. The van der Waals surface area contributed by atoms with Gasteiger partial charge in [-0.15, -0.1) is 6.42 Å². The minimum Gasteiger partial charge on any atom is -0.389 e. The summed E-state index contributed by atoms with van der Waals surface area (Å²) in [6.07, 6.45) is 4.43. The largest absolute Gasteiger partial charge is 0.389 e. The Morgan fingerprint density at radius 3 is 2.85 bits per heavy atom. The van der Waals surface area contributed by atoms with Crippen LogP contribution in [0.1, 0.15) is 31.3 Å². The van der Waals surface area contributed by atoms with E-state index < -0.39 is 6.10 Å². The molecule has 0 saturated carbocycles. The number of benzene rings is 1. The molecule has 0 saturated heterocycles. The minimum atomic E-state index is -0.678. The third-order valence-electron chi connectivity index (χ3n) is 3.87. The first-order valence-electron chi connectivity index (χ1n) is 8.45. The van der Waals surface area contributed by atoms with Gasteiger partial charge in [0.05, 0.1) is 18.8 Å². The summed E-state index contributed by atoms with van der Waals surface area (Å²) in [5.74, 6) is 3.49. The number of hydrogen-bond donors (Lipinski definition) is 2. The van der Waals surface area contributed by atoms with E-state index in [0.717, 1.165) is 11.1 Å². The summed E-state index contributed by atoms with van der Waals surface area (Å²) in [7, 11) is 0. The highest BCUT2D eigenvalue weighted by Crippen LogP contribution is 2.26. The number of halogens is 1. The van der Waals surface area contributed by atoms with E-state index in [1.807, 2.05) is 39.0 Å². The maximum atomic E-state index is 9.96. The van der Waals surface area contributed by atoms with Crippen LogP contribution in [0.25, 0.3) is 11.4 Å². The molecule has 0 bridgehead atoms. The Labute approximate surface area is 158 Å². The van der Waals surface area contributed by atoms with E-state index in [2.05, 4.69) is 21.4 Å². The lowest BCUT2D eigenvalue weighted by Gasteiger charge is -2.20. The fourth-order valence-corrected chi connectivity index (χ4v) is 2.58. The SMILES string of the molecule is C#CCOCC(O)CNC(c1nc(-c2ccc(C)c(Cl)c2)no1)C(C)C. The summed E-state index contributed by atoms with van der Waals surface area (Å²) in [5, 5.41) is 17.9. The van der Waals surface area contributed by atoms with Gasteiger partial charge < -0.3 is 19.7 Å². The average molecular weight is 378 g/mol. The van der Waals surface area contributed by atoms with E-state index in [-0.39, 0.29) is 25.2 Å². The molecule has 6 nitrogen and oxygen atoms in total. The lowest BCUT2D eigenvalue weighted by Crippen LogP contribution is -2.35. The standard InChI is InChI=1S/C19H24ClN3O3/c1-5-8-25-11-15(24)10-21-17(12(2)3)19-22-18(23-26-19)14-7-6-13(4)16(20)9-14/h1,6-7,9,12,15,17,21,24H,8,10-11H2,2-4H3. The van der Waals surface area contributed by atoms with E-state index >= 15 is 0 Å². The molecule has 2 atom stereocenters. The molecule has 2 unspecified atom stereocenters. The van der Waals surface area contributed by atoms with Crippen molar-refractivity contribution in [2.45, 2.75) is 32.9 Å². The van der Waals surface area contributed by atoms with Crippen LogP contribution >= 0.6 is 11.6 Å². The quantitative estimate of drug-likeness (QED) is 0.516. The molecule has 0 amide bonds. The Hall–Kier alpha value is -1.91. The van der Waals surface area contributed by atoms with Crippen molar-refractivity contribution < 1.29 is 14.4 Å². The van der Waals surface area contributed by atoms with E-state index in [4.69, 9.17) is 27.3 Å². The Balaban J connectivity index is 2.05. The average Bonchev–Trinajstić information content (AvgIpc) is 3.07. The summed E-state index contributed by atoms with van der Waals surface area (Å²) < 4.78 is 10.6. The van der Waals surface area contributed by atoms with Crippen molar-refractivity contribution in [1.29, 1.82) is 0 Å². The molecule has 140 valence electrons. The van der Waals surface area contributed by atoms with Crippen molar-refractivity contribution >= 4 is 11.6 Å². The summed E-state index contributed by atoms with van der Waals surface area (Å²) in [5.41, 5.74) is 1.78. The lowest BCUT2D eigenvalue weighted by atomic mass is 10.0. The molecular weight excluding hydrogens is 354 g/mol. The molecule has 0 aliphatic heterocycles. The second kappa shape index (κ2) is 9.70. The van der Waals surface area contributed by atoms with Crippen LogP contribution in [0.4, 0.5) is 0 Å². The van der Waals surface area contributed by atoms with Crippen molar-refractivity contribution in [2.24, 2.45) is 5.92 Å². The highest BCUT2D eigenvalue weighted by Gasteiger charge is 2.23. The van der Waals surface area contributed by atoms with Gasteiger partial charge in [-0.1, -0.05) is 48.7 Å². The second-order valence-electron chi connectivity index (χ2n) is 6.42. The van der Waals surface area contributed by atoms with Crippen LogP contribution in [0.2, 0.25) is 5.02 Å². The number of nitrogens with one attached hydrogen (secondary N) is 1. The molecular formula is C19H24ClN3O3. The van der Waals surface area contributed by atoms with Crippen LogP contribution in [0.15, 0.2) is 22.7 Å². The summed E-state index contributed by atoms with van der Waals surface area (Å²) in [6, 6.07) is 5.44. The van der Waals surface area contributed by atoms with E-state index in [1.54, 1.807) is 0 Å². The van der Waals surface area contributed by atoms with Crippen molar-refractivity contribution in [2.75, 3.05) is 19.8 Å². The normalized spacial score (nSPS) is 13.6. The molecule has 0 spiro atoms. The van der Waals surface area contributed by atoms with Gasteiger partial charge in [0.1, 0.15) is 6.61 Å².